The molecule has 2 aromatic carbocycles. The number of hydrogen-bond acceptors (Lipinski definition) is 1. The highest BCUT2D eigenvalue weighted by molar-refractivity contribution is 5.93. The van der Waals surface area contributed by atoms with E-state index in [1.807, 2.05) is 35.2 Å². The predicted octanol–water partition coefficient (Wildman–Crippen LogP) is 3.70. The van der Waals surface area contributed by atoms with E-state index in [1.165, 1.54) is 16.7 Å². The van der Waals surface area contributed by atoms with Crippen molar-refractivity contribution in [2.24, 2.45) is 0 Å². The smallest absolute Gasteiger partial charge is 0.321 e. The van der Waals surface area contributed by atoms with E-state index in [2.05, 4.69) is 30.4 Å². The Morgan fingerprint density at radius 3 is 2.77 bits per heavy atom. The summed E-state index contributed by atoms with van der Waals surface area (Å²) in [5.41, 5.74) is 4.90. The fourth-order valence-electron chi connectivity index (χ4n) is 3.03. The van der Waals surface area contributed by atoms with Gasteiger partial charge in [0.1, 0.15) is 0 Å². The molecule has 1 N–H and O–H groups in total. The van der Waals surface area contributed by atoms with Crippen molar-refractivity contribution in [3.63, 3.8) is 0 Å². The lowest BCUT2D eigenvalue weighted by Gasteiger charge is -2.29. The fourth-order valence-corrected chi connectivity index (χ4v) is 3.03. The van der Waals surface area contributed by atoms with E-state index in [9.17, 15) is 4.79 Å². The number of fused-ring (bicyclic) bond motifs is 1. The van der Waals surface area contributed by atoms with Crippen molar-refractivity contribution in [3.05, 3.63) is 65.2 Å². The van der Waals surface area contributed by atoms with E-state index in [0.717, 1.165) is 31.5 Å². The molecule has 0 atom stereocenters. The maximum Gasteiger partial charge on any atom is 0.321 e. The minimum Gasteiger partial charge on any atom is -0.337 e. The van der Waals surface area contributed by atoms with Crippen LogP contribution in [0.15, 0.2) is 48.5 Å². The maximum atomic E-state index is 12.5. The molecule has 3 heteroatoms. The number of nitrogens with zero attached hydrogens (tertiary/aromatic N) is 1. The summed E-state index contributed by atoms with van der Waals surface area (Å²) in [6.45, 7) is 3.58. The lowest BCUT2D eigenvalue weighted by atomic mass is 10.0. The van der Waals surface area contributed by atoms with E-state index < -0.39 is 0 Å². The molecule has 0 spiro atoms. The van der Waals surface area contributed by atoms with Gasteiger partial charge in [0.05, 0.1) is 0 Å². The van der Waals surface area contributed by atoms with Crippen molar-refractivity contribution >= 4 is 11.7 Å². The number of aryl methyl sites for hydroxylation is 2. The Morgan fingerprint density at radius 1 is 1.14 bits per heavy atom. The first-order chi connectivity index (χ1) is 10.8. The molecule has 0 aliphatic carbocycles. The average Bonchev–Trinajstić information content (AvgIpc) is 2.56. The molecule has 0 bridgehead atoms. The molecule has 1 aliphatic rings. The van der Waals surface area contributed by atoms with Gasteiger partial charge in [-0.3, -0.25) is 4.90 Å². The molecular weight excluding hydrogens is 272 g/mol. The van der Waals surface area contributed by atoms with Crippen molar-refractivity contribution in [1.82, 2.24) is 5.32 Å². The summed E-state index contributed by atoms with van der Waals surface area (Å²) in [6.07, 6.45) is 2.96. The number of carbonyl (C=O) groups is 1. The van der Waals surface area contributed by atoms with Gasteiger partial charge >= 0.3 is 6.03 Å². The standard InChI is InChI=1S/C19H22N2O/c1-15-7-2-3-8-16(15)12-13-20-19(22)21-14-6-10-17-9-4-5-11-18(17)21/h2-5,7-9,11H,6,10,12-14H2,1H3,(H,20,22). The Morgan fingerprint density at radius 2 is 1.91 bits per heavy atom. The molecule has 2 amide bonds. The summed E-state index contributed by atoms with van der Waals surface area (Å²) in [6, 6.07) is 16.5. The second-order valence-corrected chi connectivity index (χ2v) is 5.79. The van der Waals surface area contributed by atoms with Crippen molar-refractivity contribution < 1.29 is 4.79 Å². The van der Waals surface area contributed by atoms with Crippen molar-refractivity contribution in [2.75, 3.05) is 18.0 Å². The van der Waals surface area contributed by atoms with Crippen LogP contribution in [0.5, 0.6) is 0 Å². The van der Waals surface area contributed by atoms with Crippen LogP contribution < -0.4 is 10.2 Å². The van der Waals surface area contributed by atoms with Crippen LogP contribution in [-0.4, -0.2) is 19.1 Å². The molecule has 0 saturated carbocycles. The van der Waals surface area contributed by atoms with E-state index in [4.69, 9.17) is 0 Å². The van der Waals surface area contributed by atoms with Gasteiger partial charge in [-0.15, -0.1) is 0 Å². The van der Waals surface area contributed by atoms with E-state index >= 15 is 0 Å². The number of hydrogen-bond donors (Lipinski definition) is 1. The zero-order chi connectivity index (χ0) is 15.4. The summed E-state index contributed by atoms with van der Waals surface area (Å²) in [5.74, 6) is 0. The molecule has 114 valence electrons. The van der Waals surface area contributed by atoms with Crippen LogP contribution in [0.25, 0.3) is 0 Å². The first kappa shape index (κ1) is 14.6. The number of amides is 2. The van der Waals surface area contributed by atoms with Crippen molar-refractivity contribution in [2.45, 2.75) is 26.2 Å². The summed E-state index contributed by atoms with van der Waals surface area (Å²) >= 11 is 0. The highest BCUT2D eigenvalue weighted by atomic mass is 16.2. The number of carbonyl (C=O) groups excluding carboxylic acids is 1. The number of anilines is 1. The lowest BCUT2D eigenvalue weighted by Crippen LogP contribution is -2.43. The van der Waals surface area contributed by atoms with Gasteiger partial charge in [-0.25, -0.2) is 4.79 Å². The molecule has 3 rings (SSSR count). The number of urea groups is 1. The minimum absolute atomic E-state index is 0.0146. The second-order valence-electron chi connectivity index (χ2n) is 5.79. The second kappa shape index (κ2) is 6.65. The van der Waals surface area contributed by atoms with Gasteiger partial charge in [-0.05, 0) is 48.9 Å². The first-order valence-electron chi connectivity index (χ1n) is 7.93. The maximum absolute atomic E-state index is 12.5. The van der Waals surface area contributed by atoms with E-state index in [0.29, 0.717) is 6.54 Å². The fraction of sp³-hybridized carbons (Fsp3) is 0.316. The summed E-state index contributed by atoms with van der Waals surface area (Å²) in [5, 5.41) is 3.06. The van der Waals surface area contributed by atoms with Crippen LogP contribution in [0.2, 0.25) is 0 Å². The molecular formula is C19H22N2O. The molecule has 0 saturated heterocycles. The van der Waals surface area contributed by atoms with Gasteiger partial charge < -0.3 is 5.32 Å². The predicted molar refractivity (Wildman–Crippen MR) is 90.4 cm³/mol. The van der Waals surface area contributed by atoms with Gasteiger partial charge in [0.15, 0.2) is 0 Å². The Labute approximate surface area is 132 Å². The third kappa shape index (κ3) is 3.14. The number of rotatable bonds is 3. The number of nitrogens with one attached hydrogen (secondary N) is 1. The van der Waals surface area contributed by atoms with Crippen LogP contribution >= 0.6 is 0 Å². The van der Waals surface area contributed by atoms with Crippen LogP contribution in [-0.2, 0) is 12.8 Å². The number of benzene rings is 2. The molecule has 1 aliphatic heterocycles. The Kier molecular flexibility index (Phi) is 4.42. The third-order valence-electron chi connectivity index (χ3n) is 4.29. The molecule has 2 aromatic rings. The average molecular weight is 294 g/mol. The van der Waals surface area contributed by atoms with Gasteiger partial charge in [0.2, 0.25) is 0 Å². The van der Waals surface area contributed by atoms with Gasteiger partial charge in [0.25, 0.3) is 0 Å². The monoisotopic (exact) mass is 294 g/mol. The lowest BCUT2D eigenvalue weighted by molar-refractivity contribution is 0.246. The molecule has 0 fully saturated rings. The Bertz CT molecular complexity index is 666. The SMILES string of the molecule is Cc1ccccc1CCNC(=O)N1CCCc2ccccc21. The largest absolute Gasteiger partial charge is 0.337 e. The highest BCUT2D eigenvalue weighted by Gasteiger charge is 2.21. The van der Waals surface area contributed by atoms with Crippen LogP contribution in [0.1, 0.15) is 23.1 Å². The highest BCUT2D eigenvalue weighted by Crippen LogP contribution is 2.26. The normalized spacial score (nSPS) is 13.6. The molecule has 0 radical (unpaired) electrons. The zero-order valence-electron chi connectivity index (χ0n) is 13.0. The van der Waals surface area contributed by atoms with Crippen LogP contribution in [0, 0.1) is 6.92 Å². The molecule has 0 aromatic heterocycles. The van der Waals surface area contributed by atoms with E-state index in [1.54, 1.807) is 0 Å². The van der Waals surface area contributed by atoms with Gasteiger partial charge in [-0.2, -0.15) is 0 Å². The minimum atomic E-state index is 0.0146. The first-order valence-corrected chi connectivity index (χ1v) is 7.93. The third-order valence-corrected chi connectivity index (χ3v) is 4.29. The topological polar surface area (TPSA) is 32.3 Å². The Hall–Kier alpha value is -2.29. The zero-order valence-corrected chi connectivity index (χ0v) is 13.0. The summed E-state index contributed by atoms with van der Waals surface area (Å²) in [7, 11) is 0. The van der Waals surface area contributed by atoms with Crippen molar-refractivity contribution in [1.29, 1.82) is 0 Å². The summed E-state index contributed by atoms with van der Waals surface area (Å²) < 4.78 is 0. The van der Waals surface area contributed by atoms with E-state index in [-0.39, 0.29) is 6.03 Å². The van der Waals surface area contributed by atoms with Gasteiger partial charge in [-0.1, -0.05) is 42.5 Å². The number of para-hydroxylation sites is 1. The molecule has 22 heavy (non-hydrogen) atoms. The quantitative estimate of drug-likeness (QED) is 0.919. The summed E-state index contributed by atoms with van der Waals surface area (Å²) in [4.78, 5) is 14.3. The van der Waals surface area contributed by atoms with Gasteiger partial charge in [0, 0.05) is 18.8 Å². The van der Waals surface area contributed by atoms with Crippen molar-refractivity contribution in [3.8, 4) is 0 Å². The van der Waals surface area contributed by atoms with Crippen LogP contribution in [0.3, 0.4) is 0 Å². The van der Waals surface area contributed by atoms with Crippen LogP contribution in [0.4, 0.5) is 10.5 Å². The molecule has 1 heterocycles. The Balaban J connectivity index is 1.60. The molecule has 0 unspecified atom stereocenters. The molecule has 3 nitrogen and oxygen atoms in total.